The molecule has 17 heavy (non-hydrogen) atoms. The van der Waals surface area contributed by atoms with E-state index < -0.39 is 6.17 Å². The van der Waals surface area contributed by atoms with Crippen molar-refractivity contribution in [1.29, 1.82) is 0 Å². The van der Waals surface area contributed by atoms with Gasteiger partial charge in [-0.15, -0.1) is 0 Å². The molecule has 1 saturated heterocycles. The van der Waals surface area contributed by atoms with Crippen LogP contribution >= 0.6 is 0 Å². The van der Waals surface area contributed by atoms with Crippen LogP contribution in [0.15, 0.2) is 18.2 Å². The lowest BCUT2D eigenvalue weighted by atomic mass is 9.89. The zero-order valence-corrected chi connectivity index (χ0v) is 10.8. The summed E-state index contributed by atoms with van der Waals surface area (Å²) in [6.07, 6.45) is 1.85. The van der Waals surface area contributed by atoms with Crippen molar-refractivity contribution in [3.8, 4) is 0 Å². The smallest absolute Gasteiger partial charge is 0.107 e. The summed E-state index contributed by atoms with van der Waals surface area (Å²) in [5, 5.41) is 3.29. The molecule has 94 valence electrons. The van der Waals surface area contributed by atoms with Crippen molar-refractivity contribution < 1.29 is 4.39 Å². The lowest BCUT2D eigenvalue weighted by molar-refractivity contribution is 0.187. The Labute approximate surface area is 103 Å². The van der Waals surface area contributed by atoms with Crippen LogP contribution in [0.25, 0.3) is 0 Å². The average molecular weight is 235 g/mol. The molecule has 0 aromatic heterocycles. The van der Waals surface area contributed by atoms with Gasteiger partial charge in [0.2, 0.25) is 0 Å². The van der Waals surface area contributed by atoms with Gasteiger partial charge in [0.05, 0.1) is 0 Å². The number of aryl methyl sites for hydroxylation is 2. The van der Waals surface area contributed by atoms with Gasteiger partial charge in [0, 0.05) is 6.42 Å². The molecule has 1 atom stereocenters. The van der Waals surface area contributed by atoms with Gasteiger partial charge in [0.25, 0.3) is 0 Å². The Hall–Kier alpha value is -0.890. The van der Waals surface area contributed by atoms with E-state index in [4.69, 9.17) is 0 Å². The number of hydrogen-bond donors (Lipinski definition) is 1. The van der Waals surface area contributed by atoms with Gasteiger partial charge >= 0.3 is 0 Å². The van der Waals surface area contributed by atoms with Gasteiger partial charge in [-0.1, -0.05) is 29.3 Å². The minimum absolute atomic E-state index is 0.247. The molecule has 1 nitrogen and oxygen atoms in total. The van der Waals surface area contributed by atoms with Crippen LogP contribution in [0.5, 0.6) is 0 Å². The van der Waals surface area contributed by atoms with E-state index in [1.807, 2.05) is 0 Å². The van der Waals surface area contributed by atoms with E-state index in [0.717, 1.165) is 31.5 Å². The van der Waals surface area contributed by atoms with E-state index in [0.29, 0.717) is 6.42 Å². The highest BCUT2D eigenvalue weighted by Gasteiger charge is 2.23. The number of rotatable bonds is 3. The Balaban J connectivity index is 1.99. The predicted molar refractivity (Wildman–Crippen MR) is 70.1 cm³/mol. The molecule has 1 unspecified atom stereocenters. The minimum atomic E-state index is -0.682. The maximum absolute atomic E-state index is 14.2. The third-order valence-electron chi connectivity index (χ3n) is 3.61. The minimum Gasteiger partial charge on any atom is -0.317 e. The van der Waals surface area contributed by atoms with Gasteiger partial charge in [0.1, 0.15) is 6.17 Å². The van der Waals surface area contributed by atoms with Crippen molar-refractivity contribution in [2.45, 2.75) is 39.3 Å². The third kappa shape index (κ3) is 3.53. The fraction of sp³-hybridized carbons (Fsp3) is 0.600. The van der Waals surface area contributed by atoms with Crippen molar-refractivity contribution in [1.82, 2.24) is 5.32 Å². The number of halogens is 1. The van der Waals surface area contributed by atoms with E-state index in [1.54, 1.807) is 0 Å². The highest BCUT2D eigenvalue weighted by atomic mass is 19.1. The van der Waals surface area contributed by atoms with Crippen LogP contribution in [0.1, 0.15) is 29.5 Å². The number of piperidine rings is 1. The summed E-state index contributed by atoms with van der Waals surface area (Å²) in [7, 11) is 0. The first-order valence-corrected chi connectivity index (χ1v) is 6.57. The van der Waals surface area contributed by atoms with Gasteiger partial charge in [0.15, 0.2) is 0 Å². The second-order valence-corrected chi connectivity index (χ2v) is 5.30. The SMILES string of the molecule is Cc1cc(C)cc(CC(F)C2CCNCC2)c1. The molecule has 0 amide bonds. The highest BCUT2D eigenvalue weighted by Crippen LogP contribution is 2.23. The lowest BCUT2D eigenvalue weighted by Gasteiger charge is -2.25. The number of nitrogens with one attached hydrogen (secondary N) is 1. The summed E-state index contributed by atoms with van der Waals surface area (Å²) in [5.41, 5.74) is 3.61. The number of benzene rings is 1. The van der Waals surface area contributed by atoms with Gasteiger partial charge in [-0.2, -0.15) is 0 Å². The van der Waals surface area contributed by atoms with Crippen LogP contribution in [0.2, 0.25) is 0 Å². The molecule has 1 N–H and O–H groups in total. The predicted octanol–water partition coefficient (Wildman–Crippen LogP) is 3.18. The number of alkyl halides is 1. The first kappa shape index (κ1) is 12.6. The Bertz CT molecular complexity index is 349. The maximum atomic E-state index is 14.2. The quantitative estimate of drug-likeness (QED) is 0.848. The monoisotopic (exact) mass is 235 g/mol. The van der Waals surface area contributed by atoms with Crippen molar-refractivity contribution in [2.24, 2.45) is 5.92 Å². The second-order valence-electron chi connectivity index (χ2n) is 5.30. The first-order valence-electron chi connectivity index (χ1n) is 6.57. The molecule has 0 radical (unpaired) electrons. The molecule has 1 heterocycles. The molecule has 1 aromatic rings. The Kier molecular flexibility index (Phi) is 4.16. The largest absolute Gasteiger partial charge is 0.317 e. The molecular weight excluding hydrogens is 213 g/mol. The summed E-state index contributed by atoms with van der Waals surface area (Å²) in [5.74, 6) is 0.247. The van der Waals surface area contributed by atoms with Crippen LogP contribution in [-0.4, -0.2) is 19.3 Å². The Morgan fingerprint density at radius 1 is 1.18 bits per heavy atom. The molecule has 1 aliphatic heterocycles. The fourth-order valence-electron chi connectivity index (χ4n) is 2.78. The molecule has 1 fully saturated rings. The van der Waals surface area contributed by atoms with Crippen molar-refractivity contribution in [3.05, 3.63) is 34.9 Å². The maximum Gasteiger partial charge on any atom is 0.107 e. The van der Waals surface area contributed by atoms with Gasteiger partial charge in [-0.3, -0.25) is 0 Å². The molecule has 1 aliphatic rings. The zero-order chi connectivity index (χ0) is 12.3. The van der Waals surface area contributed by atoms with Crippen LogP contribution in [0, 0.1) is 19.8 Å². The fourth-order valence-corrected chi connectivity index (χ4v) is 2.78. The molecule has 0 saturated carbocycles. The molecule has 0 aliphatic carbocycles. The topological polar surface area (TPSA) is 12.0 Å². The van der Waals surface area contributed by atoms with Gasteiger partial charge < -0.3 is 5.32 Å². The molecule has 1 aromatic carbocycles. The summed E-state index contributed by atoms with van der Waals surface area (Å²) in [6.45, 7) is 6.10. The summed E-state index contributed by atoms with van der Waals surface area (Å²) >= 11 is 0. The van der Waals surface area contributed by atoms with Crippen molar-refractivity contribution in [3.63, 3.8) is 0 Å². The lowest BCUT2D eigenvalue weighted by Crippen LogP contribution is -2.33. The van der Waals surface area contributed by atoms with E-state index in [1.165, 1.54) is 11.1 Å². The zero-order valence-electron chi connectivity index (χ0n) is 10.8. The van der Waals surface area contributed by atoms with E-state index in [9.17, 15) is 4.39 Å². The van der Waals surface area contributed by atoms with Crippen molar-refractivity contribution >= 4 is 0 Å². The second kappa shape index (κ2) is 5.63. The van der Waals surface area contributed by atoms with Crippen LogP contribution in [-0.2, 0) is 6.42 Å². The van der Waals surface area contributed by atoms with Crippen LogP contribution in [0.3, 0.4) is 0 Å². The molecule has 0 spiro atoms. The third-order valence-corrected chi connectivity index (χ3v) is 3.61. The molecule has 0 bridgehead atoms. The molecule has 2 heteroatoms. The molecule has 2 rings (SSSR count). The van der Waals surface area contributed by atoms with E-state index >= 15 is 0 Å². The average Bonchev–Trinajstić information content (AvgIpc) is 2.28. The van der Waals surface area contributed by atoms with E-state index in [-0.39, 0.29) is 5.92 Å². The standard InChI is InChI=1S/C15H22FN/c1-11-7-12(2)9-13(8-11)10-15(16)14-3-5-17-6-4-14/h7-9,14-15,17H,3-6,10H2,1-2H3. The van der Waals surface area contributed by atoms with Crippen LogP contribution < -0.4 is 5.32 Å². The van der Waals surface area contributed by atoms with E-state index in [2.05, 4.69) is 37.4 Å². The summed E-state index contributed by atoms with van der Waals surface area (Å²) in [4.78, 5) is 0. The first-order chi connectivity index (χ1) is 8.15. The van der Waals surface area contributed by atoms with Crippen molar-refractivity contribution in [2.75, 3.05) is 13.1 Å². The number of hydrogen-bond acceptors (Lipinski definition) is 1. The Morgan fingerprint density at radius 3 is 2.35 bits per heavy atom. The normalized spacial score (nSPS) is 19.2. The Morgan fingerprint density at radius 2 is 1.76 bits per heavy atom. The molecular formula is C15H22FN. The summed E-state index contributed by atoms with van der Waals surface area (Å²) < 4.78 is 14.2. The highest BCUT2D eigenvalue weighted by molar-refractivity contribution is 5.29. The van der Waals surface area contributed by atoms with Crippen LogP contribution in [0.4, 0.5) is 4.39 Å². The van der Waals surface area contributed by atoms with Gasteiger partial charge in [-0.05, 0) is 51.3 Å². The van der Waals surface area contributed by atoms with Gasteiger partial charge in [-0.25, -0.2) is 4.39 Å². The summed E-state index contributed by atoms with van der Waals surface area (Å²) in [6, 6.07) is 6.36.